The molecule has 0 aromatic heterocycles. The lowest BCUT2D eigenvalue weighted by Gasteiger charge is -2.10. The van der Waals surface area contributed by atoms with E-state index in [9.17, 15) is 9.90 Å². The van der Waals surface area contributed by atoms with Crippen molar-refractivity contribution in [3.05, 3.63) is 23.3 Å². The van der Waals surface area contributed by atoms with Crippen LogP contribution in [0.1, 0.15) is 15.9 Å². The number of hydrogen-bond acceptors (Lipinski definition) is 5. The van der Waals surface area contributed by atoms with Gasteiger partial charge in [-0.2, -0.15) is 0 Å². The van der Waals surface area contributed by atoms with E-state index in [0.717, 1.165) is 0 Å². The Morgan fingerprint density at radius 3 is 2.62 bits per heavy atom. The normalized spacial score (nSPS) is 9.94. The lowest BCUT2D eigenvalue weighted by Crippen LogP contribution is -2.08. The number of ether oxygens (including phenoxy) is 2. The summed E-state index contributed by atoms with van der Waals surface area (Å²) in [7, 11) is 4.48. The Morgan fingerprint density at radius 2 is 2.12 bits per heavy atom. The summed E-state index contributed by atoms with van der Waals surface area (Å²) in [4.78, 5) is 11.4. The van der Waals surface area contributed by atoms with Crippen molar-refractivity contribution >= 4 is 5.97 Å². The second kappa shape index (κ2) is 5.37. The summed E-state index contributed by atoms with van der Waals surface area (Å²) in [6, 6.07) is 3.01. The molecule has 5 nitrogen and oxygen atoms in total. The molecule has 0 atom stereocenters. The van der Waals surface area contributed by atoms with Gasteiger partial charge in [-0.15, -0.1) is 0 Å². The highest BCUT2D eigenvalue weighted by Crippen LogP contribution is 2.31. The minimum absolute atomic E-state index is 0.0319. The van der Waals surface area contributed by atoms with E-state index < -0.39 is 5.97 Å². The van der Waals surface area contributed by atoms with Gasteiger partial charge in [0.1, 0.15) is 0 Å². The summed E-state index contributed by atoms with van der Waals surface area (Å²) >= 11 is 0. The Morgan fingerprint density at radius 1 is 1.44 bits per heavy atom. The largest absolute Gasteiger partial charge is 0.504 e. The summed E-state index contributed by atoms with van der Waals surface area (Å²) in [6.07, 6.45) is 0. The van der Waals surface area contributed by atoms with Gasteiger partial charge in [0.25, 0.3) is 0 Å². The van der Waals surface area contributed by atoms with Crippen LogP contribution in [-0.4, -0.2) is 32.3 Å². The van der Waals surface area contributed by atoms with Gasteiger partial charge in [0.2, 0.25) is 0 Å². The molecule has 0 aliphatic carbocycles. The number of rotatable bonds is 4. The number of phenolic OH excluding ortho intramolecular Hbond substituents is 1. The zero-order valence-corrected chi connectivity index (χ0v) is 9.53. The van der Waals surface area contributed by atoms with Gasteiger partial charge in [-0.25, -0.2) is 4.79 Å². The number of aromatic hydroxyl groups is 1. The third kappa shape index (κ3) is 2.43. The zero-order chi connectivity index (χ0) is 12.1. The highest BCUT2D eigenvalue weighted by molar-refractivity contribution is 5.90. The number of benzene rings is 1. The van der Waals surface area contributed by atoms with Gasteiger partial charge in [0, 0.05) is 12.1 Å². The monoisotopic (exact) mass is 225 g/mol. The third-order valence-electron chi connectivity index (χ3n) is 2.16. The maximum atomic E-state index is 11.4. The van der Waals surface area contributed by atoms with Crippen molar-refractivity contribution in [2.75, 3.05) is 21.3 Å². The molecule has 0 spiro atoms. The first-order chi connectivity index (χ1) is 7.63. The average molecular weight is 225 g/mol. The first-order valence-corrected chi connectivity index (χ1v) is 4.76. The average Bonchev–Trinajstić information content (AvgIpc) is 2.31. The summed E-state index contributed by atoms with van der Waals surface area (Å²) in [5, 5.41) is 12.7. The second-order valence-electron chi connectivity index (χ2n) is 3.21. The highest BCUT2D eigenvalue weighted by Gasteiger charge is 2.14. The molecule has 0 heterocycles. The van der Waals surface area contributed by atoms with Crippen LogP contribution in [0.4, 0.5) is 0 Å². The molecular formula is C11H15NO4. The van der Waals surface area contributed by atoms with E-state index in [2.05, 4.69) is 10.1 Å². The lowest BCUT2D eigenvalue weighted by molar-refractivity contribution is 0.0600. The molecule has 0 radical (unpaired) electrons. The number of carbonyl (C=O) groups excluding carboxylic acids is 1. The molecule has 5 heteroatoms. The van der Waals surface area contributed by atoms with Crippen LogP contribution in [-0.2, 0) is 11.3 Å². The maximum absolute atomic E-state index is 11.4. The van der Waals surface area contributed by atoms with Crippen LogP contribution in [0.15, 0.2) is 12.1 Å². The Labute approximate surface area is 94.0 Å². The van der Waals surface area contributed by atoms with Crippen molar-refractivity contribution in [1.82, 2.24) is 5.32 Å². The highest BCUT2D eigenvalue weighted by atomic mass is 16.5. The van der Waals surface area contributed by atoms with Crippen molar-refractivity contribution < 1.29 is 19.4 Å². The molecule has 0 saturated heterocycles. The number of hydrogen-bond donors (Lipinski definition) is 2. The van der Waals surface area contributed by atoms with Crippen molar-refractivity contribution in [2.24, 2.45) is 0 Å². The number of methoxy groups -OCH3 is 2. The predicted octanol–water partition coefficient (Wildman–Crippen LogP) is 0.907. The molecule has 1 rings (SSSR count). The van der Waals surface area contributed by atoms with E-state index in [-0.39, 0.29) is 11.5 Å². The molecule has 88 valence electrons. The molecule has 0 fully saturated rings. The number of phenols is 1. The molecule has 16 heavy (non-hydrogen) atoms. The van der Waals surface area contributed by atoms with E-state index in [1.165, 1.54) is 20.3 Å². The smallest absolute Gasteiger partial charge is 0.337 e. The molecule has 0 amide bonds. The minimum atomic E-state index is -0.462. The lowest BCUT2D eigenvalue weighted by atomic mass is 10.1. The van der Waals surface area contributed by atoms with Crippen LogP contribution in [0, 0.1) is 0 Å². The fourth-order valence-electron chi connectivity index (χ4n) is 1.38. The summed E-state index contributed by atoms with van der Waals surface area (Å²) in [5.74, 6) is -0.173. The van der Waals surface area contributed by atoms with Crippen LogP contribution >= 0.6 is 0 Å². The predicted molar refractivity (Wildman–Crippen MR) is 58.8 cm³/mol. The van der Waals surface area contributed by atoms with Crippen LogP contribution in [0.5, 0.6) is 11.5 Å². The molecule has 0 aliphatic rings. The fourth-order valence-corrected chi connectivity index (χ4v) is 1.38. The molecule has 0 saturated carbocycles. The number of esters is 1. The maximum Gasteiger partial charge on any atom is 0.337 e. The van der Waals surface area contributed by atoms with Gasteiger partial charge in [-0.1, -0.05) is 0 Å². The van der Waals surface area contributed by atoms with Gasteiger partial charge < -0.3 is 19.9 Å². The summed E-state index contributed by atoms with van der Waals surface area (Å²) in [6.45, 7) is 0.438. The van der Waals surface area contributed by atoms with Gasteiger partial charge >= 0.3 is 5.97 Å². The Hall–Kier alpha value is -1.75. The van der Waals surface area contributed by atoms with E-state index in [1.807, 2.05) is 0 Å². The summed E-state index contributed by atoms with van der Waals surface area (Å²) < 4.78 is 9.59. The van der Waals surface area contributed by atoms with Crippen molar-refractivity contribution in [1.29, 1.82) is 0 Å². The fraction of sp³-hybridized carbons (Fsp3) is 0.364. The zero-order valence-electron chi connectivity index (χ0n) is 9.53. The van der Waals surface area contributed by atoms with Crippen LogP contribution in [0.2, 0.25) is 0 Å². The van der Waals surface area contributed by atoms with Gasteiger partial charge in [0.05, 0.1) is 19.8 Å². The molecule has 0 unspecified atom stereocenters. The van der Waals surface area contributed by atoms with E-state index >= 15 is 0 Å². The first-order valence-electron chi connectivity index (χ1n) is 4.76. The van der Waals surface area contributed by atoms with Crippen LogP contribution in [0.25, 0.3) is 0 Å². The van der Waals surface area contributed by atoms with Gasteiger partial charge in [-0.05, 0) is 19.2 Å². The molecular weight excluding hydrogens is 210 g/mol. The van der Waals surface area contributed by atoms with E-state index in [1.54, 1.807) is 13.1 Å². The molecule has 1 aromatic rings. The Bertz CT molecular complexity index is 390. The molecule has 1 aromatic carbocycles. The van der Waals surface area contributed by atoms with Crippen LogP contribution < -0.4 is 10.1 Å². The van der Waals surface area contributed by atoms with Gasteiger partial charge in [-0.3, -0.25) is 0 Å². The van der Waals surface area contributed by atoms with Crippen molar-refractivity contribution in [3.63, 3.8) is 0 Å². The molecule has 0 bridgehead atoms. The summed E-state index contributed by atoms with van der Waals surface area (Å²) in [5.41, 5.74) is 0.935. The van der Waals surface area contributed by atoms with E-state index in [4.69, 9.17) is 4.74 Å². The minimum Gasteiger partial charge on any atom is -0.504 e. The quantitative estimate of drug-likeness (QED) is 0.745. The SMILES string of the molecule is CNCc1cc(C(=O)OC)cc(OC)c1O. The molecule has 0 aliphatic heterocycles. The van der Waals surface area contributed by atoms with Crippen molar-refractivity contribution in [3.8, 4) is 11.5 Å². The topological polar surface area (TPSA) is 67.8 Å². The third-order valence-corrected chi connectivity index (χ3v) is 2.16. The Kier molecular flexibility index (Phi) is 4.13. The molecule has 2 N–H and O–H groups in total. The van der Waals surface area contributed by atoms with Gasteiger partial charge in [0.15, 0.2) is 11.5 Å². The van der Waals surface area contributed by atoms with Crippen molar-refractivity contribution in [2.45, 2.75) is 6.54 Å². The van der Waals surface area contributed by atoms with Crippen LogP contribution in [0.3, 0.4) is 0 Å². The first kappa shape index (κ1) is 12.3. The Balaban J connectivity index is 3.22. The number of nitrogens with one attached hydrogen (secondary N) is 1. The van der Waals surface area contributed by atoms with E-state index in [0.29, 0.717) is 17.7 Å². The number of carbonyl (C=O) groups is 1. The second-order valence-corrected chi connectivity index (χ2v) is 3.21. The standard InChI is InChI=1S/C11H15NO4/c1-12-6-8-4-7(11(14)16-3)5-9(15-2)10(8)13/h4-5,12-13H,6H2,1-3H3.